The summed E-state index contributed by atoms with van der Waals surface area (Å²) in [5, 5.41) is 1.23. The second-order valence-corrected chi connectivity index (χ2v) is 9.74. The molecule has 134 valence electrons. The van der Waals surface area contributed by atoms with Gasteiger partial charge in [-0.3, -0.25) is 14.0 Å². The first-order valence-electron chi connectivity index (χ1n) is 8.38. The summed E-state index contributed by atoms with van der Waals surface area (Å²) >= 11 is 1.29. The van der Waals surface area contributed by atoms with Crippen molar-refractivity contribution < 1.29 is 13.2 Å². The first-order chi connectivity index (χ1) is 11.9. The molecule has 2 aromatic rings. The second-order valence-electron chi connectivity index (χ2n) is 7.00. The minimum absolute atomic E-state index is 0.108. The number of carbonyl (C=O) groups excluding carboxylic acids is 1. The van der Waals surface area contributed by atoms with Crippen molar-refractivity contribution in [1.82, 2.24) is 14.1 Å². The fraction of sp³-hybridized carbons (Fsp3) is 0.562. The Labute approximate surface area is 149 Å². The normalized spacial score (nSPS) is 26.0. The number of fused-ring (bicyclic) bond motifs is 4. The molecule has 2 aromatic heterocycles. The Morgan fingerprint density at radius 3 is 2.68 bits per heavy atom. The zero-order chi connectivity index (χ0) is 17.8. The molecule has 0 aliphatic heterocycles. The van der Waals surface area contributed by atoms with Crippen molar-refractivity contribution in [2.45, 2.75) is 44.3 Å². The van der Waals surface area contributed by atoms with Crippen LogP contribution in [0.1, 0.15) is 48.2 Å². The van der Waals surface area contributed by atoms with Crippen LogP contribution < -0.4 is 10.3 Å². The van der Waals surface area contributed by atoms with Crippen molar-refractivity contribution in [1.29, 1.82) is 0 Å². The molecule has 0 aromatic carbocycles. The first kappa shape index (κ1) is 16.7. The van der Waals surface area contributed by atoms with E-state index < -0.39 is 26.7 Å². The molecule has 0 saturated heterocycles. The number of amides is 1. The number of rotatable bonds is 3. The molecule has 7 nitrogen and oxygen atoms in total. The van der Waals surface area contributed by atoms with Gasteiger partial charge in [0.25, 0.3) is 11.5 Å². The monoisotopic (exact) mass is 381 g/mol. The quantitative estimate of drug-likeness (QED) is 0.873. The van der Waals surface area contributed by atoms with Crippen molar-refractivity contribution in [3.05, 3.63) is 33.2 Å². The number of sulfonamides is 1. The molecule has 3 fully saturated rings. The van der Waals surface area contributed by atoms with Crippen molar-refractivity contribution in [3.8, 4) is 0 Å². The summed E-state index contributed by atoms with van der Waals surface area (Å²) in [5.41, 5.74) is -0.121. The maximum atomic E-state index is 12.7. The van der Waals surface area contributed by atoms with Gasteiger partial charge in [-0.2, -0.15) is 0 Å². The van der Waals surface area contributed by atoms with Crippen LogP contribution in [0.3, 0.4) is 0 Å². The number of carbonyl (C=O) groups is 1. The largest absolute Gasteiger partial charge is 0.271 e. The van der Waals surface area contributed by atoms with Gasteiger partial charge in [0, 0.05) is 17.3 Å². The van der Waals surface area contributed by atoms with Crippen LogP contribution in [-0.4, -0.2) is 29.0 Å². The molecule has 0 spiro atoms. The van der Waals surface area contributed by atoms with Gasteiger partial charge in [0.2, 0.25) is 10.0 Å². The Morgan fingerprint density at radius 1 is 1.32 bits per heavy atom. The van der Waals surface area contributed by atoms with Crippen LogP contribution >= 0.6 is 11.3 Å². The van der Waals surface area contributed by atoms with Crippen LogP contribution in [0.2, 0.25) is 0 Å². The van der Waals surface area contributed by atoms with E-state index in [1.54, 1.807) is 12.3 Å². The first-order valence-corrected chi connectivity index (χ1v) is 10.8. The van der Waals surface area contributed by atoms with Crippen LogP contribution in [0.15, 0.2) is 16.4 Å². The molecule has 5 rings (SSSR count). The van der Waals surface area contributed by atoms with E-state index in [9.17, 15) is 18.0 Å². The topological polar surface area (TPSA) is 97.6 Å². The molecule has 0 radical (unpaired) electrons. The molecule has 2 heterocycles. The van der Waals surface area contributed by atoms with Crippen molar-refractivity contribution in [2.24, 2.45) is 11.8 Å². The van der Waals surface area contributed by atoms with Crippen molar-refractivity contribution in [2.75, 3.05) is 0 Å². The average Bonchev–Trinajstić information content (AvgIpc) is 2.97. The van der Waals surface area contributed by atoms with Gasteiger partial charge in [0.05, 0.1) is 5.25 Å². The molecule has 9 heteroatoms. The molecule has 1 N–H and O–H groups in total. The fourth-order valence-corrected chi connectivity index (χ4v) is 6.79. The lowest BCUT2D eigenvalue weighted by molar-refractivity contribution is 0.0977. The number of hydrogen-bond acceptors (Lipinski definition) is 6. The van der Waals surface area contributed by atoms with Gasteiger partial charge in [-0.15, -0.1) is 11.3 Å². The van der Waals surface area contributed by atoms with Crippen LogP contribution in [0.5, 0.6) is 0 Å². The molecule has 1 amide bonds. The van der Waals surface area contributed by atoms with Crippen LogP contribution in [0, 0.1) is 18.8 Å². The molecular formula is C16H19N3O4S2. The number of nitrogens with one attached hydrogen (secondary N) is 1. The highest BCUT2D eigenvalue weighted by molar-refractivity contribution is 7.90. The van der Waals surface area contributed by atoms with Crippen LogP contribution in [0.25, 0.3) is 4.96 Å². The van der Waals surface area contributed by atoms with Gasteiger partial charge >= 0.3 is 0 Å². The maximum absolute atomic E-state index is 12.7. The molecular weight excluding hydrogens is 362 g/mol. The Morgan fingerprint density at radius 2 is 2.04 bits per heavy atom. The number of nitrogens with zero attached hydrogens (tertiary/aromatic N) is 2. The molecule has 1 unspecified atom stereocenters. The zero-order valence-corrected chi connectivity index (χ0v) is 15.4. The molecule has 2 bridgehead atoms. The number of thiazole rings is 1. The summed E-state index contributed by atoms with van der Waals surface area (Å²) in [6.07, 6.45) is 5.70. The minimum Gasteiger partial charge on any atom is -0.268 e. The van der Waals surface area contributed by atoms with E-state index in [0.717, 1.165) is 31.9 Å². The van der Waals surface area contributed by atoms with Crippen molar-refractivity contribution >= 4 is 32.2 Å². The van der Waals surface area contributed by atoms with Gasteiger partial charge in [-0.05, 0) is 38.0 Å². The third kappa shape index (κ3) is 2.79. The fourth-order valence-electron chi connectivity index (χ4n) is 4.14. The summed E-state index contributed by atoms with van der Waals surface area (Å²) in [4.78, 5) is 29.6. The molecule has 1 atom stereocenters. The SMILES string of the molecule is Cc1csc2ncc(C(=O)NS(=O)(=O)C3CC4CCC3CC4)c(=O)n12. The highest BCUT2D eigenvalue weighted by atomic mass is 32.2. The van der Waals surface area contributed by atoms with E-state index in [1.807, 2.05) is 0 Å². The predicted molar refractivity (Wildman–Crippen MR) is 94.3 cm³/mol. The van der Waals surface area contributed by atoms with Crippen molar-refractivity contribution in [3.63, 3.8) is 0 Å². The van der Waals surface area contributed by atoms with Gasteiger partial charge in [-0.25, -0.2) is 18.1 Å². The minimum atomic E-state index is -3.80. The summed E-state index contributed by atoms with van der Waals surface area (Å²) in [6, 6.07) is 0. The van der Waals surface area contributed by atoms with Gasteiger partial charge < -0.3 is 0 Å². The molecule has 3 saturated carbocycles. The third-order valence-corrected chi connectivity index (χ3v) is 8.28. The summed E-state index contributed by atoms with van der Waals surface area (Å²) in [7, 11) is -3.80. The van der Waals surface area contributed by atoms with E-state index in [1.165, 1.54) is 15.7 Å². The average molecular weight is 381 g/mol. The van der Waals surface area contributed by atoms with E-state index >= 15 is 0 Å². The Bertz CT molecular complexity index is 1000. The number of aryl methyl sites for hydroxylation is 1. The Hall–Kier alpha value is -1.74. The van der Waals surface area contributed by atoms with E-state index in [2.05, 4.69) is 9.71 Å². The Balaban J connectivity index is 1.63. The molecule has 3 aliphatic rings. The smallest absolute Gasteiger partial charge is 0.268 e. The summed E-state index contributed by atoms with van der Waals surface area (Å²) in [6.45, 7) is 1.74. The van der Waals surface area contributed by atoms with Gasteiger partial charge in [0.1, 0.15) is 5.56 Å². The lowest BCUT2D eigenvalue weighted by Crippen LogP contribution is -2.48. The van der Waals surface area contributed by atoms with E-state index in [0.29, 0.717) is 23.0 Å². The highest BCUT2D eigenvalue weighted by Gasteiger charge is 2.43. The van der Waals surface area contributed by atoms with E-state index in [4.69, 9.17) is 0 Å². The van der Waals surface area contributed by atoms with E-state index in [-0.39, 0.29) is 11.5 Å². The number of hydrogen-bond donors (Lipinski definition) is 1. The van der Waals surface area contributed by atoms with Crippen LogP contribution in [0.4, 0.5) is 0 Å². The molecule has 3 aliphatic carbocycles. The lowest BCUT2D eigenvalue weighted by Gasteiger charge is -2.41. The predicted octanol–water partition coefficient (Wildman–Crippen LogP) is 1.70. The zero-order valence-electron chi connectivity index (χ0n) is 13.8. The lowest BCUT2D eigenvalue weighted by atomic mass is 9.70. The maximum Gasteiger partial charge on any atom is 0.271 e. The van der Waals surface area contributed by atoms with Gasteiger partial charge in [0.15, 0.2) is 4.96 Å². The highest BCUT2D eigenvalue weighted by Crippen LogP contribution is 2.43. The molecule has 25 heavy (non-hydrogen) atoms. The summed E-state index contributed by atoms with van der Waals surface area (Å²) in [5.74, 6) is -0.353. The third-order valence-electron chi connectivity index (χ3n) is 5.48. The van der Waals surface area contributed by atoms with Crippen LogP contribution in [-0.2, 0) is 10.0 Å². The number of aromatic nitrogens is 2. The summed E-state index contributed by atoms with van der Waals surface area (Å²) < 4.78 is 28.8. The Kier molecular flexibility index (Phi) is 3.95. The standard InChI is InChI=1S/C16H19N3O4S2/c1-9-8-24-16-17-7-12(15(21)19(9)16)14(20)18-25(22,23)13-6-10-2-4-11(13)5-3-10/h7-8,10-11,13H,2-6H2,1H3,(H,18,20). The van der Waals surface area contributed by atoms with Gasteiger partial charge in [-0.1, -0.05) is 12.8 Å². The second kappa shape index (κ2) is 5.91.